The lowest BCUT2D eigenvalue weighted by Gasteiger charge is -2.54. The third-order valence-corrected chi connectivity index (χ3v) is 5.68. The second kappa shape index (κ2) is 6.08. The summed E-state index contributed by atoms with van der Waals surface area (Å²) in [7, 11) is 0. The summed E-state index contributed by atoms with van der Waals surface area (Å²) in [6, 6.07) is -0.554. The number of hydrogen-bond acceptors (Lipinski definition) is 4. The molecule has 0 aliphatic heterocycles. The molecule has 130 valence electrons. The Morgan fingerprint density at radius 3 is 2.09 bits per heavy atom. The molecule has 0 radical (unpaired) electrons. The Hall–Kier alpha value is -1.10. The maximum Gasteiger partial charge on any atom is 0.308 e. The molecule has 4 rings (SSSR count). The van der Waals surface area contributed by atoms with Gasteiger partial charge in [-0.05, 0) is 76.5 Å². The number of amides is 1. The predicted octanol–water partition coefficient (Wildman–Crippen LogP) is 1.99. The maximum atomic E-state index is 12.4. The van der Waals surface area contributed by atoms with Crippen LogP contribution in [0.25, 0.3) is 0 Å². The van der Waals surface area contributed by atoms with Crippen molar-refractivity contribution in [3.05, 3.63) is 0 Å². The Morgan fingerprint density at radius 2 is 1.61 bits per heavy atom. The average molecular weight is 322 g/mol. The molecule has 0 aromatic heterocycles. The fourth-order valence-electron chi connectivity index (χ4n) is 5.09. The van der Waals surface area contributed by atoms with Gasteiger partial charge >= 0.3 is 5.97 Å². The number of hydrogen-bond donors (Lipinski definition) is 2. The van der Waals surface area contributed by atoms with Gasteiger partial charge in [0.15, 0.2) is 0 Å². The molecule has 0 aromatic rings. The van der Waals surface area contributed by atoms with Crippen LogP contribution in [0.15, 0.2) is 0 Å². The molecular weight excluding hydrogens is 292 g/mol. The Kier molecular flexibility index (Phi) is 4.43. The highest BCUT2D eigenvalue weighted by Gasteiger charge is 2.48. The second-order valence-electron chi connectivity index (χ2n) is 8.86. The van der Waals surface area contributed by atoms with Gasteiger partial charge in [-0.3, -0.25) is 9.59 Å². The summed E-state index contributed by atoms with van der Waals surface area (Å²) in [5.74, 6) is 2.37. The molecule has 4 saturated carbocycles. The number of nitrogens with one attached hydrogen (secondary N) is 1. The molecule has 23 heavy (non-hydrogen) atoms. The van der Waals surface area contributed by atoms with Crippen molar-refractivity contribution in [2.75, 3.05) is 0 Å². The molecule has 1 atom stereocenters. The topological polar surface area (TPSA) is 81.4 Å². The van der Waals surface area contributed by atoms with Gasteiger partial charge in [0.2, 0.25) is 5.91 Å². The average Bonchev–Trinajstić information content (AvgIpc) is 2.39. The zero-order chi connectivity index (χ0) is 16.8. The minimum absolute atomic E-state index is 0.0591. The number of carbonyl (C=O) groups is 2. The van der Waals surface area contributed by atoms with E-state index in [9.17, 15) is 9.59 Å². The van der Waals surface area contributed by atoms with E-state index in [4.69, 9.17) is 10.5 Å². The van der Waals surface area contributed by atoms with Crippen molar-refractivity contribution in [1.82, 2.24) is 5.32 Å². The SMILES string of the molecule is CC(C)(C)OC(=O)C[C@H](N)C(=O)NC1C2CC3CC(C2)CC1C3. The first kappa shape index (κ1) is 16.7. The highest BCUT2D eigenvalue weighted by molar-refractivity contribution is 5.86. The Bertz CT molecular complexity index is 455. The van der Waals surface area contributed by atoms with Gasteiger partial charge in [0.1, 0.15) is 5.60 Å². The number of rotatable bonds is 4. The molecule has 0 spiro atoms. The van der Waals surface area contributed by atoms with E-state index in [0.717, 1.165) is 11.8 Å². The molecular formula is C18H30N2O3. The molecule has 1 amide bonds. The van der Waals surface area contributed by atoms with Crippen LogP contribution >= 0.6 is 0 Å². The number of carbonyl (C=O) groups excluding carboxylic acids is 2. The molecule has 0 unspecified atom stereocenters. The van der Waals surface area contributed by atoms with E-state index in [1.807, 2.05) is 20.8 Å². The summed E-state index contributed by atoms with van der Waals surface area (Å²) in [6.07, 6.45) is 6.33. The molecule has 0 saturated heterocycles. The van der Waals surface area contributed by atoms with Crippen LogP contribution in [0.3, 0.4) is 0 Å². The number of ether oxygens (including phenoxy) is 1. The summed E-state index contributed by atoms with van der Waals surface area (Å²) in [5.41, 5.74) is 5.38. The maximum absolute atomic E-state index is 12.4. The lowest BCUT2D eigenvalue weighted by molar-refractivity contribution is -0.156. The van der Waals surface area contributed by atoms with Gasteiger partial charge in [0.05, 0.1) is 12.5 Å². The minimum atomic E-state index is -0.818. The lowest BCUT2D eigenvalue weighted by Crippen LogP contribution is -2.58. The van der Waals surface area contributed by atoms with Crippen LogP contribution in [0.1, 0.15) is 59.3 Å². The van der Waals surface area contributed by atoms with E-state index in [1.165, 1.54) is 32.1 Å². The standard InChI is InChI=1S/C18H30N2O3/c1-18(2,3)23-15(21)9-14(19)17(22)20-16-12-5-10-4-11(7-12)8-13(16)6-10/h10-14,16H,4-9,19H2,1-3H3,(H,20,22)/t10?,11?,12?,13?,14-,16?/m0/s1. The third-order valence-electron chi connectivity index (χ3n) is 5.68. The Morgan fingerprint density at radius 1 is 1.09 bits per heavy atom. The van der Waals surface area contributed by atoms with Crippen molar-refractivity contribution in [3.8, 4) is 0 Å². The van der Waals surface area contributed by atoms with Crippen molar-refractivity contribution in [2.24, 2.45) is 29.4 Å². The Balaban J connectivity index is 1.52. The lowest BCUT2D eigenvalue weighted by atomic mass is 9.54. The van der Waals surface area contributed by atoms with Gasteiger partial charge < -0.3 is 15.8 Å². The van der Waals surface area contributed by atoms with Crippen LogP contribution in [-0.4, -0.2) is 29.6 Å². The summed E-state index contributed by atoms with van der Waals surface area (Å²) in [5, 5.41) is 3.16. The van der Waals surface area contributed by atoms with Crippen molar-refractivity contribution < 1.29 is 14.3 Å². The van der Waals surface area contributed by atoms with E-state index >= 15 is 0 Å². The van der Waals surface area contributed by atoms with Gasteiger partial charge in [0.25, 0.3) is 0 Å². The van der Waals surface area contributed by atoms with E-state index in [1.54, 1.807) is 0 Å². The zero-order valence-electron chi connectivity index (χ0n) is 14.5. The van der Waals surface area contributed by atoms with E-state index in [0.29, 0.717) is 11.8 Å². The van der Waals surface area contributed by atoms with Crippen molar-refractivity contribution in [1.29, 1.82) is 0 Å². The Labute approximate surface area is 138 Å². The predicted molar refractivity (Wildman–Crippen MR) is 87.4 cm³/mol. The van der Waals surface area contributed by atoms with Crippen molar-refractivity contribution >= 4 is 11.9 Å². The van der Waals surface area contributed by atoms with Crippen LogP contribution in [0.4, 0.5) is 0 Å². The highest BCUT2D eigenvalue weighted by Crippen LogP contribution is 2.53. The van der Waals surface area contributed by atoms with E-state index in [2.05, 4.69) is 5.32 Å². The molecule has 0 heterocycles. The molecule has 0 aromatic carbocycles. The number of esters is 1. The van der Waals surface area contributed by atoms with Gasteiger partial charge in [-0.1, -0.05) is 0 Å². The van der Waals surface area contributed by atoms with Crippen molar-refractivity contribution in [3.63, 3.8) is 0 Å². The van der Waals surface area contributed by atoms with Gasteiger partial charge in [-0.15, -0.1) is 0 Å². The fraction of sp³-hybridized carbons (Fsp3) is 0.889. The molecule has 4 bridgehead atoms. The zero-order valence-corrected chi connectivity index (χ0v) is 14.5. The largest absolute Gasteiger partial charge is 0.460 e. The van der Waals surface area contributed by atoms with Crippen LogP contribution in [0.5, 0.6) is 0 Å². The molecule has 4 aliphatic carbocycles. The van der Waals surface area contributed by atoms with Gasteiger partial charge in [-0.2, -0.15) is 0 Å². The van der Waals surface area contributed by atoms with Crippen LogP contribution in [0, 0.1) is 23.7 Å². The van der Waals surface area contributed by atoms with E-state index in [-0.39, 0.29) is 18.4 Å². The first-order valence-electron chi connectivity index (χ1n) is 8.99. The second-order valence-corrected chi connectivity index (χ2v) is 8.86. The smallest absolute Gasteiger partial charge is 0.308 e. The summed E-state index contributed by atoms with van der Waals surface area (Å²) in [6.45, 7) is 5.43. The summed E-state index contributed by atoms with van der Waals surface area (Å²) >= 11 is 0. The first-order valence-corrected chi connectivity index (χ1v) is 8.99. The molecule has 5 nitrogen and oxygen atoms in total. The molecule has 3 N–H and O–H groups in total. The van der Waals surface area contributed by atoms with E-state index < -0.39 is 17.6 Å². The van der Waals surface area contributed by atoms with Crippen LogP contribution < -0.4 is 11.1 Å². The molecule has 4 fully saturated rings. The fourth-order valence-corrected chi connectivity index (χ4v) is 5.09. The first-order chi connectivity index (χ1) is 10.7. The molecule has 4 aliphatic rings. The minimum Gasteiger partial charge on any atom is -0.460 e. The van der Waals surface area contributed by atoms with Crippen molar-refractivity contribution in [2.45, 2.75) is 77.0 Å². The monoisotopic (exact) mass is 322 g/mol. The summed E-state index contributed by atoms with van der Waals surface area (Å²) < 4.78 is 5.24. The quantitative estimate of drug-likeness (QED) is 0.776. The number of nitrogens with two attached hydrogens (primary N) is 1. The van der Waals surface area contributed by atoms with Crippen LogP contribution in [-0.2, 0) is 14.3 Å². The molecule has 5 heteroatoms. The normalized spacial score (nSPS) is 36.6. The van der Waals surface area contributed by atoms with Gasteiger partial charge in [0, 0.05) is 6.04 Å². The van der Waals surface area contributed by atoms with Crippen LogP contribution in [0.2, 0.25) is 0 Å². The third kappa shape index (κ3) is 3.87. The van der Waals surface area contributed by atoms with Gasteiger partial charge in [-0.25, -0.2) is 0 Å². The summed E-state index contributed by atoms with van der Waals surface area (Å²) in [4.78, 5) is 24.2. The highest BCUT2D eigenvalue weighted by atomic mass is 16.6.